The van der Waals surface area contributed by atoms with Gasteiger partial charge >= 0.3 is 0 Å². The summed E-state index contributed by atoms with van der Waals surface area (Å²) in [7, 11) is 0. The zero-order chi connectivity index (χ0) is 17.9. The largest absolute Gasteiger partial charge is 0.325 e. The molecule has 0 bridgehead atoms. The van der Waals surface area contributed by atoms with Crippen molar-refractivity contribution in [3.63, 3.8) is 0 Å². The SMILES string of the molecule is CC(C)(C)c1ccc(NC(=O)CSc2nnnn2C2CCCC2)cc1. The number of benzene rings is 1. The number of carbonyl (C=O) groups is 1. The molecule has 0 radical (unpaired) electrons. The Balaban J connectivity index is 1.54. The van der Waals surface area contributed by atoms with Crippen LogP contribution in [0.2, 0.25) is 0 Å². The van der Waals surface area contributed by atoms with Crippen molar-refractivity contribution in [3.05, 3.63) is 29.8 Å². The Hall–Kier alpha value is -1.89. The summed E-state index contributed by atoms with van der Waals surface area (Å²) in [4.78, 5) is 12.2. The topological polar surface area (TPSA) is 72.7 Å². The number of hydrogen-bond donors (Lipinski definition) is 1. The van der Waals surface area contributed by atoms with E-state index in [-0.39, 0.29) is 11.3 Å². The van der Waals surface area contributed by atoms with Gasteiger partial charge in [0, 0.05) is 5.69 Å². The first kappa shape index (κ1) is 17.9. The third kappa shape index (κ3) is 4.60. The molecule has 1 amide bonds. The molecule has 0 unspecified atom stereocenters. The van der Waals surface area contributed by atoms with E-state index in [0.717, 1.165) is 23.7 Å². The lowest BCUT2D eigenvalue weighted by Crippen LogP contribution is -2.16. The zero-order valence-corrected chi connectivity index (χ0v) is 15.8. The molecule has 0 aliphatic heterocycles. The second kappa shape index (κ2) is 7.56. The third-order valence-corrected chi connectivity index (χ3v) is 5.43. The highest BCUT2D eigenvalue weighted by molar-refractivity contribution is 7.99. The lowest BCUT2D eigenvalue weighted by atomic mass is 9.87. The van der Waals surface area contributed by atoms with Gasteiger partial charge in [0.2, 0.25) is 11.1 Å². The van der Waals surface area contributed by atoms with Crippen LogP contribution in [0, 0.1) is 0 Å². The number of carbonyl (C=O) groups excluding carboxylic acids is 1. The minimum atomic E-state index is -0.0468. The molecule has 1 aliphatic carbocycles. The first-order valence-electron chi connectivity index (χ1n) is 8.74. The van der Waals surface area contributed by atoms with E-state index < -0.39 is 0 Å². The summed E-state index contributed by atoms with van der Waals surface area (Å²) >= 11 is 1.39. The molecule has 1 aliphatic rings. The van der Waals surface area contributed by atoms with Gasteiger partial charge in [-0.3, -0.25) is 4.79 Å². The number of nitrogens with one attached hydrogen (secondary N) is 1. The quantitative estimate of drug-likeness (QED) is 0.822. The molecule has 25 heavy (non-hydrogen) atoms. The van der Waals surface area contributed by atoms with Crippen molar-refractivity contribution in [3.8, 4) is 0 Å². The molecule has 1 aromatic heterocycles. The van der Waals surface area contributed by atoms with Crippen LogP contribution in [0.4, 0.5) is 5.69 Å². The van der Waals surface area contributed by atoms with E-state index >= 15 is 0 Å². The van der Waals surface area contributed by atoms with E-state index in [1.54, 1.807) is 0 Å². The molecular formula is C18H25N5OS. The predicted octanol–water partition coefficient (Wildman–Crippen LogP) is 3.82. The molecule has 1 aromatic carbocycles. The van der Waals surface area contributed by atoms with Crippen LogP contribution in [-0.2, 0) is 10.2 Å². The maximum Gasteiger partial charge on any atom is 0.234 e. The number of nitrogens with zero attached hydrogens (tertiary/aromatic N) is 4. The number of hydrogen-bond acceptors (Lipinski definition) is 5. The van der Waals surface area contributed by atoms with Gasteiger partial charge in [-0.25, -0.2) is 4.68 Å². The van der Waals surface area contributed by atoms with Crippen molar-refractivity contribution in [2.24, 2.45) is 0 Å². The fraction of sp³-hybridized carbons (Fsp3) is 0.556. The van der Waals surface area contributed by atoms with Crippen LogP contribution in [0.15, 0.2) is 29.4 Å². The van der Waals surface area contributed by atoms with Crippen molar-refractivity contribution in [1.82, 2.24) is 20.2 Å². The van der Waals surface area contributed by atoms with Crippen molar-refractivity contribution in [2.45, 2.75) is 63.1 Å². The summed E-state index contributed by atoms with van der Waals surface area (Å²) in [6, 6.07) is 8.40. The molecule has 0 spiro atoms. The molecule has 1 N–H and O–H groups in total. The number of aromatic nitrogens is 4. The lowest BCUT2D eigenvalue weighted by molar-refractivity contribution is -0.113. The summed E-state index contributed by atoms with van der Waals surface area (Å²) in [6.07, 6.45) is 4.68. The Morgan fingerprint density at radius 2 is 1.92 bits per heavy atom. The van der Waals surface area contributed by atoms with Crippen LogP contribution in [-0.4, -0.2) is 31.9 Å². The fourth-order valence-corrected chi connectivity index (χ4v) is 3.78. The molecule has 1 fully saturated rings. The molecule has 0 atom stereocenters. The molecule has 3 rings (SSSR count). The van der Waals surface area contributed by atoms with E-state index in [1.165, 1.54) is 30.2 Å². The molecule has 1 saturated carbocycles. The number of thioether (sulfide) groups is 1. The zero-order valence-electron chi connectivity index (χ0n) is 15.0. The average molecular weight is 359 g/mol. The van der Waals surface area contributed by atoms with Gasteiger partial charge in [0.25, 0.3) is 0 Å². The molecule has 7 heteroatoms. The fourth-order valence-electron chi connectivity index (χ4n) is 3.04. The van der Waals surface area contributed by atoms with E-state index in [1.807, 2.05) is 16.8 Å². The molecule has 6 nitrogen and oxygen atoms in total. The van der Waals surface area contributed by atoms with Crippen LogP contribution < -0.4 is 5.32 Å². The first-order chi connectivity index (χ1) is 11.9. The third-order valence-electron chi connectivity index (χ3n) is 4.50. The highest BCUT2D eigenvalue weighted by atomic mass is 32.2. The van der Waals surface area contributed by atoms with Crippen LogP contribution in [0.1, 0.15) is 58.1 Å². The van der Waals surface area contributed by atoms with Crippen LogP contribution in [0.5, 0.6) is 0 Å². The lowest BCUT2D eigenvalue weighted by Gasteiger charge is -2.19. The second-order valence-corrected chi connectivity index (χ2v) is 8.45. The minimum Gasteiger partial charge on any atom is -0.325 e. The van der Waals surface area contributed by atoms with Crippen molar-refractivity contribution in [2.75, 3.05) is 11.1 Å². The van der Waals surface area contributed by atoms with Crippen LogP contribution >= 0.6 is 11.8 Å². The van der Waals surface area contributed by atoms with E-state index in [4.69, 9.17) is 0 Å². The average Bonchev–Trinajstić information content (AvgIpc) is 3.23. The highest BCUT2D eigenvalue weighted by Crippen LogP contribution is 2.31. The molecule has 134 valence electrons. The number of tetrazole rings is 1. The highest BCUT2D eigenvalue weighted by Gasteiger charge is 2.22. The Morgan fingerprint density at radius 1 is 1.24 bits per heavy atom. The summed E-state index contributed by atoms with van der Waals surface area (Å²) < 4.78 is 1.88. The van der Waals surface area contributed by atoms with Crippen molar-refractivity contribution < 1.29 is 4.79 Å². The standard InChI is InChI=1S/C18H25N5OS/c1-18(2,3)13-8-10-14(11-9-13)19-16(24)12-25-17-20-21-22-23(17)15-6-4-5-7-15/h8-11,15H,4-7,12H2,1-3H3,(H,19,24). The summed E-state index contributed by atoms with van der Waals surface area (Å²) in [5.41, 5.74) is 2.17. The Kier molecular flexibility index (Phi) is 5.42. The normalized spacial score (nSPS) is 15.5. The Bertz CT molecular complexity index is 714. The van der Waals surface area contributed by atoms with Gasteiger partial charge in [-0.1, -0.05) is 57.5 Å². The van der Waals surface area contributed by atoms with E-state index in [0.29, 0.717) is 11.8 Å². The van der Waals surface area contributed by atoms with Gasteiger partial charge in [-0.2, -0.15) is 0 Å². The number of amides is 1. The maximum atomic E-state index is 12.2. The summed E-state index contributed by atoms with van der Waals surface area (Å²) in [6.45, 7) is 6.52. The van der Waals surface area contributed by atoms with Crippen molar-refractivity contribution in [1.29, 1.82) is 0 Å². The van der Waals surface area contributed by atoms with E-state index in [9.17, 15) is 4.79 Å². The smallest absolute Gasteiger partial charge is 0.234 e. The Labute approximate surface area is 152 Å². The van der Waals surface area contributed by atoms with Crippen molar-refractivity contribution >= 4 is 23.4 Å². The van der Waals surface area contributed by atoms with Crippen LogP contribution in [0.25, 0.3) is 0 Å². The summed E-state index contributed by atoms with van der Waals surface area (Å²) in [5, 5.41) is 15.6. The molecule has 0 saturated heterocycles. The summed E-state index contributed by atoms with van der Waals surface area (Å²) in [5.74, 6) is 0.253. The van der Waals surface area contributed by atoms with Gasteiger partial charge in [0.15, 0.2) is 0 Å². The minimum absolute atomic E-state index is 0.0468. The monoisotopic (exact) mass is 359 g/mol. The van der Waals surface area contributed by atoms with Gasteiger partial charge < -0.3 is 5.32 Å². The second-order valence-electron chi connectivity index (χ2n) is 7.51. The van der Waals surface area contributed by atoms with Gasteiger partial charge in [0.05, 0.1) is 11.8 Å². The molecule has 2 aromatic rings. The molecular weight excluding hydrogens is 334 g/mol. The van der Waals surface area contributed by atoms with Crippen LogP contribution in [0.3, 0.4) is 0 Å². The molecule has 1 heterocycles. The van der Waals surface area contributed by atoms with Gasteiger partial charge in [-0.05, 0) is 46.4 Å². The maximum absolute atomic E-state index is 12.2. The first-order valence-corrected chi connectivity index (χ1v) is 9.73. The van der Waals surface area contributed by atoms with Gasteiger partial charge in [-0.15, -0.1) is 5.10 Å². The van der Waals surface area contributed by atoms with E-state index in [2.05, 4.69) is 53.7 Å². The predicted molar refractivity (Wildman–Crippen MR) is 99.8 cm³/mol. The number of anilines is 1. The Morgan fingerprint density at radius 3 is 2.56 bits per heavy atom. The number of rotatable bonds is 5. The van der Waals surface area contributed by atoms with Gasteiger partial charge in [0.1, 0.15) is 0 Å².